The molecule has 0 saturated heterocycles. The third kappa shape index (κ3) is 6.15. The van der Waals surface area contributed by atoms with E-state index in [-0.39, 0.29) is 17.6 Å². The smallest absolute Gasteiger partial charge is 0.306 e. The molecule has 1 amide bonds. The molecule has 122 valence electrons. The fourth-order valence-electron chi connectivity index (χ4n) is 1.67. The number of hydrogen-bond acceptors (Lipinski definition) is 5. The van der Waals surface area contributed by atoms with Gasteiger partial charge in [0.1, 0.15) is 5.75 Å². The van der Waals surface area contributed by atoms with Crippen molar-refractivity contribution in [1.29, 1.82) is 0 Å². The number of halogens is 1. The van der Waals surface area contributed by atoms with Crippen molar-refractivity contribution in [2.45, 2.75) is 20.3 Å². The van der Waals surface area contributed by atoms with Crippen molar-refractivity contribution in [3.63, 3.8) is 0 Å². The molecule has 1 N–H and O–H groups in total. The zero-order valence-corrected chi connectivity index (χ0v) is 14.5. The molecule has 0 aromatic heterocycles. The van der Waals surface area contributed by atoms with Gasteiger partial charge in [-0.25, -0.2) is 0 Å². The molecule has 0 aliphatic heterocycles. The van der Waals surface area contributed by atoms with E-state index >= 15 is 0 Å². The van der Waals surface area contributed by atoms with Crippen molar-refractivity contribution in [1.82, 2.24) is 0 Å². The Morgan fingerprint density at radius 2 is 2.09 bits per heavy atom. The number of hydrogen-bond donors (Lipinski definition) is 1. The summed E-state index contributed by atoms with van der Waals surface area (Å²) in [6.07, 6.45) is 0.301. The highest BCUT2D eigenvalue weighted by Crippen LogP contribution is 2.30. The molecular formula is C15H20ClNO4S. The zero-order valence-electron chi connectivity index (χ0n) is 12.9. The maximum Gasteiger partial charge on any atom is 0.306 e. The summed E-state index contributed by atoms with van der Waals surface area (Å²) in [5.41, 5.74) is 1.44. The fourth-order valence-corrected chi connectivity index (χ4v) is 2.54. The van der Waals surface area contributed by atoms with Crippen LogP contribution in [0.5, 0.6) is 5.75 Å². The van der Waals surface area contributed by atoms with E-state index in [1.54, 1.807) is 19.1 Å². The van der Waals surface area contributed by atoms with Crippen LogP contribution in [0.4, 0.5) is 5.69 Å². The summed E-state index contributed by atoms with van der Waals surface area (Å²) >= 11 is 7.39. The van der Waals surface area contributed by atoms with Gasteiger partial charge in [-0.1, -0.05) is 11.6 Å². The van der Waals surface area contributed by atoms with E-state index in [0.29, 0.717) is 35.2 Å². The highest BCUT2D eigenvalue weighted by molar-refractivity contribution is 7.99. The second kappa shape index (κ2) is 9.58. The minimum Gasteiger partial charge on any atom is -0.495 e. The fraction of sp³-hybridized carbons (Fsp3) is 0.467. The summed E-state index contributed by atoms with van der Waals surface area (Å²) in [7, 11) is 1.52. The van der Waals surface area contributed by atoms with Crippen LogP contribution >= 0.6 is 23.4 Å². The molecule has 1 aromatic rings. The minimum atomic E-state index is -0.245. The lowest BCUT2D eigenvalue weighted by atomic mass is 10.2. The van der Waals surface area contributed by atoms with Gasteiger partial charge in [-0.15, -0.1) is 0 Å². The van der Waals surface area contributed by atoms with Crippen LogP contribution in [-0.4, -0.2) is 37.1 Å². The number of benzene rings is 1. The second-order valence-electron chi connectivity index (χ2n) is 4.46. The Labute approximate surface area is 139 Å². The van der Waals surface area contributed by atoms with Gasteiger partial charge in [0.15, 0.2) is 0 Å². The molecule has 0 saturated carbocycles. The van der Waals surface area contributed by atoms with E-state index in [4.69, 9.17) is 21.1 Å². The number of aryl methyl sites for hydroxylation is 1. The van der Waals surface area contributed by atoms with Crippen LogP contribution in [0, 0.1) is 6.92 Å². The Kier molecular flexibility index (Phi) is 8.12. The molecule has 22 heavy (non-hydrogen) atoms. The zero-order chi connectivity index (χ0) is 16.5. The number of carbonyl (C=O) groups is 2. The number of thioether (sulfide) groups is 1. The number of carbonyl (C=O) groups excluding carboxylic acids is 2. The van der Waals surface area contributed by atoms with E-state index in [1.807, 2.05) is 6.92 Å². The van der Waals surface area contributed by atoms with Crippen LogP contribution in [0.3, 0.4) is 0 Å². The summed E-state index contributed by atoms with van der Waals surface area (Å²) in [4.78, 5) is 23.1. The Morgan fingerprint density at radius 1 is 1.36 bits per heavy atom. The third-order valence-corrected chi connectivity index (χ3v) is 4.11. The van der Waals surface area contributed by atoms with Crippen molar-refractivity contribution in [2.75, 3.05) is 30.5 Å². The van der Waals surface area contributed by atoms with E-state index in [2.05, 4.69) is 5.32 Å². The minimum absolute atomic E-state index is 0.158. The Balaban J connectivity index is 2.45. The normalized spacial score (nSPS) is 10.2. The number of amides is 1. The van der Waals surface area contributed by atoms with Gasteiger partial charge in [0.25, 0.3) is 0 Å². The van der Waals surface area contributed by atoms with Crippen LogP contribution in [0.25, 0.3) is 0 Å². The molecule has 0 unspecified atom stereocenters. The molecule has 1 rings (SSSR count). The van der Waals surface area contributed by atoms with Gasteiger partial charge in [-0.05, 0) is 25.5 Å². The maximum absolute atomic E-state index is 11.9. The number of nitrogens with one attached hydrogen (secondary N) is 1. The number of ether oxygens (including phenoxy) is 2. The average molecular weight is 346 g/mol. The largest absolute Gasteiger partial charge is 0.495 e. The van der Waals surface area contributed by atoms with Crippen molar-refractivity contribution in [3.05, 3.63) is 22.7 Å². The second-order valence-corrected chi connectivity index (χ2v) is 5.97. The van der Waals surface area contributed by atoms with E-state index < -0.39 is 0 Å². The number of esters is 1. The summed E-state index contributed by atoms with van der Waals surface area (Å²) in [5.74, 6) is 0.910. The van der Waals surface area contributed by atoms with Crippen LogP contribution in [0.2, 0.25) is 5.02 Å². The maximum atomic E-state index is 11.9. The first-order valence-corrected chi connectivity index (χ1v) is 8.38. The highest BCUT2D eigenvalue weighted by Gasteiger charge is 2.11. The van der Waals surface area contributed by atoms with Crippen molar-refractivity contribution < 1.29 is 19.1 Å². The lowest BCUT2D eigenvalue weighted by molar-refractivity contribution is -0.142. The van der Waals surface area contributed by atoms with E-state index in [0.717, 1.165) is 5.56 Å². The molecule has 0 radical (unpaired) electrons. The molecular weight excluding hydrogens is 326 g/mol. The van der Waals surface area contributed by atoms with Crippen LogP contribution in [0.1, 0.15) is 18.9 Å². The summed E-state index contributed by atoms with van der Waals surface area (Å²) in [5, 5.41) is 3.37. The van der Waals surface area contributed by atoms with Crippen LogP contribution in [-0.2, 0) is 14.3 Å². The van der Waals surface area contributed by atoms with Gasteiger partial charge in [0, 0.05) is 16.8 Å². The van der Waals surface area contributed by atoms with Crippen molar-refractivity contribution >= 4 is 40.9 Å². The number of anilines is 1. The molecule has 1 aromatic carbocycles. The molecule has 0 spiro atoms. The quantitative estimate of drug-likeness (QED) is 0.578. The number of rotatable bonds is 8. The van der Waals surface area contributed by atoms with Gasteiger partial charge < -0.3 is 14.8 Å². The molecule has 0 aliphatic carbocycles. The van der Waals surface area contributed by atoms with Gasteiger partial charge >= 0.3 is 5.97 Å². The summed E-state index contributed by atoms with van der Waals surface area (Å²) in [6, 6.07) is 3.43. The van der Waals surface area contributed by atoms with Gasteiger partial charge in [-0.3, -0.25) is 9.59 Å². The Bertz CT molecular complexity index is 537. The first-order valence-electron chi connectivity index (χ1n) is 6.85. The van der Waals surface area contributed by atoms with E-state index in [1.165, 1.54) is 18.9 Å². The topological polar surface area (TPSA) is 64.6 Å². The monoisotopic (exact) mass is 345 g/mol. The van der Waals surface area contributed by atoms with Gasteiger partial charge in [-0.2, -0.15) is 11.8 Å². The molecule has 0 aliphatic rings. The van der Waals surface area contributed by atoms with Crippen molar-refractivity contribution in [2.24, 2.45) is 0 Å². The highest BCUT2D eigenvalue weighted by atomic mass is 35.5. The lowest BCUT2D eigenvalue weighted by Gasteiger charge is -2.12. The predicted molar refractivity (Wildman–Crippen MR) is 89.9 cm³/mol. The average Bonchev–Trinajstić information content (AvgIpc) is 2.47. The molecule has 0 atom stereocenters. The Morgan fingerprint density at radius 3 is 2.73 bits per heavy atom. The van der Waals surface area contributed by atoms with Crippen LogP contribution in [0.15, 0.2) is 12.1 Å². The van der Waals surface area contributed by atoms with E-state index in [9.17, 15) is 9.59 Å². The predicted octanol–water partition coefficient (Wildman–Crippen LogP) is 3.28. The summed E-state index contributed by atoms with van der Waals surface area (Å²) in [6.45, 7) is 3.99. The van der Waals surface area contributed by atoms with Gasteiger partial charge in [0.05, 0.1) is 31.6 Å². The molecule has 0 fully saturated rings. The molecule has 0 heterocycles. The molecule has 7 heteroatoms. The number of methoxy groups -OCH3 is 1. The first-order chi connectivity index (χ1) is 10.5. The van der Waals surface area contributed by atoms with Gasteiger partial charge in [0.2, 0.25) is 5.91 Å². The standard InChI is InChI=1S/C15H20ClNO4S/c1-4-21-15(19)5-6-22-9-14(18)17-12-7-10(2)11(16)8-13(12)20-3/h7-8H,4-6,9H2,1-3H3,(H,17,18). The lowest BCUT2D eigenvalue weighted by Crippen LogP contribution is -2.15. The van der Waals surface area contributed by atoms with Crippen molar-refractivity contribution in [3.8, 4) is 5.75 Å². The molecule has 0 bridgehead atoms. The molecule has 5 nitrogen and oxygen atoms in total. The third-order valence-electron chi connectivity index (χ3n) is 2.74. The summed E-state index contributed by atoms with van der Waals surface area (Å²) < 4.78 is 10.0. The SMILES string of the molecule is CCOC(=O)CCSCC(=O)Nc1cc(C)c(Cl)cc1OC. The first kappa shape index (κ1) is 18.6. The Hall–Kier alpha value is -1.40. The van der Waals surface area contributed by atoms with Crippen LogP contribution < -0.4 is 10.1 Å².